The first-order chi connectivity index (χ1) is 7.75. The van der Waals surface area contributed by atoms with Crippen LogP contribution < -0.4 is 10.6 Å². The van der Waals surface area contributed by atoms with Crippen LogP contribution in [0, 0.1) is 6.92 Å². The molecule has 1 aliphatic heterocycles. The lowest BCUT2D eigenvalue weighted by molar-refractivity contribution is 0.751. The minimum absolute atomic E-state index is 0.268. The number of nitrogens with one attached hydrogen (secondary N) is 1. The van der Waals surface area contributed by atoms with E-state index >= 15 is 0 Å². The maximum Gasteiger partial charge on any atom is 0.143 e. The predicted octanol–water partition coefficient (Wildman–Crippen LogP) is 0.804. The van der Waals surface area contributed by atoms with Gasteiger partial charge in [-0.1, -0.05) is 0 Å². The lowest BCUT2D eigenvalue weighted by Gasteiger charge is -2.17. The number of hydrogen-bond acceptors (Lipinski definition) is 4. The van der Waals surface area contributed by atoms with Gasteiger partial charge in [-0.05, 0) is 18.9 Å². The van der Waals surface area contributed by atoms with Gasteiger partial charge < -0.3 is 15.6 Å². The van der Waals surface area contributed by atoms with Crippen LogP contribution in [-0.4, -0.2) is 34.1 Å². The van der Waals surface area contributed by atoms with Crippen molar-refractivity contribution in [3.63, 3.8) is 0 Å². The van der Waals surface area contributed by atoms with Gasteiger partial charge in [-0.3, -0.25) is 0 Å². The first kappa shape index (κ1) is 9.59. The second-order valence-corrected chi connectivity index (χ2v) is 4.39. The van der Waals surface area contributed by atoms with Gasteiger partial charge in [0.1, 0.15) is 17.8 Å². The second kappa shape index (κ2) is 3.45. The third kappa shape index (κ3) is 1.36. The quantitative estimate of drug-likeness (QED) is 0.741. The molecule has 84 valence electrons. The van der Waals surface area contributed by atoms with Gasteiger partial charge in [0.25, 0.3) is 0 Å². The molecule has 1 saturated heterocycles. The Hall–Kier alpha value is -1.62. The zero-order valence-corrected chi connectivity index (χ0v) is 9.27. The zero-order valence-electron chi connectivity index (χ0n) is 9.27. The van der Waals surface area contributed by atoms with Gasteiger partial charge in [-0.15, -0.1) is 0 Å². The van der Waals surface area contributed by atoms with E-state index in [2.05, 4.69) is 26.8 Å². The van der Waals surface area contributed by atoms with Crippen LogP contribution in [0.5, 0.6) is 0 Å². The summed E-state index contributed by atoms with van der Waals surface area (Å²) in [4.78, 5) is 14.0. The molecule has 2 aromatic heterocycles. The molecule has 16 heavy (non-hydrogen) atoms. The third-order valence-corrected chi connectivity index (χ3v) is 3.17. The number of nitrogens with two attached hydrogens (primary N) is 1. The molecule has 1 atom stereocenters. The van der Waals surface area contributed by atoms with Gasteiger partial charge in [-0.25, -0.2) is 9.97 Å². The average Bonchev–Trinajstić information content (AvgIpc) is 2.86. The molecule has 3 heterocycles. The molecule has 3 N–H and O–H groups in total. The Bertz CT molecular complexity index is 518. The molecule has 0 aliphatic carbocycles. The smallest absolute Gasteiger partial charge is 0.143 e. The Kier molecular flexibility index (Phi) is 2.07. The Balaban J connectivity index is 2.12. The molecule has 0 spiro atoms. The van der Waals surface area contributed by atoms with Crippen LogP contribution in [-0.2, 0) is 0 Å². The van der Waals surface area contributed by atoms with Crippen molar-refractivity contribution in [3.8, 4) is 0 Å². The van der Waals surface area contributed by atoms with Gasteiger partial charge >= 0.3 is 0 Å². The first-order valence-electron chi connectivity index (χ1n) is 5.55. The number of aromatic amines is 1. The fourth-order valence-electron chi connectivity index (χ4n) is 2.32. The van der Waals surface area contributed by atoms with E-state index in [1.807, 2.05) is 6.20 Å². The highest BCUT2D eigenvalue weighted by atomic mass is 15.2. The fraction of sp³-hybridized carbons (Fsp3) is 0.455. The van der Waals surface area contributed by atoms with E-state index < -0.39 is 0 Å². The molecule has 5 heteroatoms. The van der Waals surface area contributed by atoms with Gasteiger partial charge in [0.2, 0.25) is 0 Å². The van der Waals surface area contributed by atoms with Gasteiger partial charge in [0.05, 0.1) is 5.39 Å². The molecule has 0 saturated carbocycles. The Morgan fingerprint density at radius 2 is 2.38 bits per heavy atom. The molecule has 0 unspecified atom stereocenters. The number of hydrogen-bond donors (Lipinski definition) is 2. The van der Waals surface area contributed by atoms with Crippen molar-refractivity contribution in [2.24, 2.45) is 5.73 Å². The monoisotopic (exact) mass is 217 g/mol. The first-order valence-corrected chi connectivity index (χ1v) is 5.55. The Morgan fingerprint density at radius 1 is 1.50 bits per heavy atom. The standard InChI is InChI=1S/C11H15N5/c1-7-4-13-10-9(7)11(15-6-14-10)16-3-2-8(12)5-16/h4,6,8H,2-3,5,12H2,1H3,(H,13,14,15)/t8-/m0/s1. The molecule has 0 bridgehead atoms. The van der Waals surface area contributed by atoms with E-state index in [0.717, 1.165) is 36.4 Å². The minimum atomic E-state index is 0.268. The van der Waals surface area contributed by atoms with Gasteiger partial charge in [0, 0.05) is 25.3 Å². The highest BCUT2D eigenvalue weighted by Crippen LogP contribution is 2.27. The number of aryl methyl sites for hydroxylation is 1. The second-order valence-electron chi connectivity index (χ2n) is 4.39. The molecule has 0 amide bonds. The van der Waals surface area contributed by atoms with Crippen molar-refractivity contribution in [1.82, 2.24) is 15.0 Å². The Labute approximate surface area is 93.7 Å². The number of rotatable bonds is 1. The van der Waals surface area contributed by atoms with Crippen LogP contribution in [0.25, 0.3) is 11.0 Å². The van der Waals surface area contributed by atoms with Gasteiger partial charge in [0.15, 0.2) is 0 Å². The molecule has 0 aromatic carbocycles. The van der Waals surface area contributed by atoms with Crippen molar-refractivity contribution in [3.05, 3.63) is 18.1 Å². The summed E-state index contributed by atoms with van der Waals surface area (Å²) in [7, 11) is 0. The van der Waals surface area contributed by atoms with E-state index in [4.69, 9.17) is 5.73 Å². The van der Waals surface area contributed by atoms with Crippen molar-refractivity contribution < 1.29 is 0 Å². The van der Waals surface area contributed by atoms with Gasteiger partial charge in [-0.2, -0.15) is 0 Å². The van der Waals surface area contributed by atoms with Crippen LogP contribution in [0.2, 0.25) is 0 Å². The van der Waals surface area contributed by atoms with Crippen molar-refractivity contribution in [2.45, 2.75) is 19.4 Å². The summed E-state index contributed by atoms with van der Waals surface area (Å²) in [5, 5.41) is 1.12. The lowest BCUT2D eigenvalue weighted by atomic mass is 10.2. The Morgan fingerprint density at radius 3 is 3.12 bits per heavy atom. The van der Waals surface area contributed by atoms with Crippen LogP contribution >= 0.6 is 0 Å². The summed E-state index contributed by atoms with van der Waals surface area (Å²) in [6.07, 6.45) is 4.62. The van der Waals surface area contributed by atoms with Crippen molar-refractivity contribution >= 4 is 16.9 Å². The summed E-state index contributed by atoms with van der Waals surface area (Å²) >= 11 is 0. The molecule has 3 rings (SSSR count). The highest BCUT2D eigenvalue weighted by Gasteiger charge is 2.22. The van der Waals surface area contributed by atoms with E-state index in [1.165, 1.54) is 5.56 Å². The summed E-state index contributed by atoms with van der Waals surface area (Å²) in [5.74, 6) is 1.01. The van der Waals surface area contributed by atoms with Crippen LogP contribution in [0.15, 0.2) is 12.5 Å². The summed E-state index contributed by atoms with van der Waals surface area (Å²) < 4.78 is 0. The van der Waals surface area contributed by atoms with Crippen LogP contribution in [0.4, 0.5) is 5.82 Å². The fourth-order valence-corrected chi connectivity index (χ4v) is 2.32. The normalized spacial score (nSPS) is 20.9. The number of nitrogens with zero attached hydrogens (tertiary/aromatic N) is 3. The van der Waals surface area contributed by atoms with Crippen molar-refractivity contribution in [1.29, 1.82) is 0 Å². The number of anilines is 1. The SMILES string of the molecule is Cc1c[nH]c2ncnc(N3CC[C@H](N)C3)c12. The van der Waals surface area contributed by atoms with Crippen LogP contribution in [0.1, 0.15) is 12.0 Å². The predicted molar refractivity (Wildman–Crippen MR) is 63.4 cm³/mol. The highest BCUT2D eigenvalue weighted by molar-refractivity contribution is 5.90. The zero-order chi connectivity index (χ0) is 11.1. The number of H-pyrrole nitrogens is 1. The topological polar surface area (TPSA) is 70.8 Å². The molecule has 2 aromatic rings. The van der Waals surface area contributed by atoms with Crippen LogP contribution in [0.3, 0.4) is 0 Å². The number of aromatic nitrogens is 3. The van der Waals surface area contributed by atoms with E-state index in [-0.39, 0.29) is 6.04 Å². The average molecular weight is 217 g/mol. The van der Waals surface area contributed by atoms with Crippen molar-refractivity contribution in [2.75, 3.05) is 18.0 Å². The largest absolute Gasteiger partial charge is 0.354 e. The van der Waals surface area contributed by atoms with E-state index in [0.29, 0.717) is 0 Å². The molecule has 1 aliphatic rings. The maximum atomic E-state index is 5.93. The minimum Gasteiger partial charge on any atom is -0.354 e. The molecule has 5 nitrogen and oxygen atoms in total. The lowest BCUT2D eigenvalue weighted by Crippen LogP contribution is -2.27. The maximum absolute atomic E-state index is 5.93. The molecular weight excluding hydrogens is 202 g/mol. The summed E-state index contributed by atoms with van der Waals surface area (Å²) in [6.45, 7) is 3.94. The third-order valence-electron chi connectivity index (χ3n) is 3.17. The number of fused-ring (bicyclic) bond motifs is 1. The van der Waals surface area contributed by atoms with E-state index in [1.54, 1.807) is 6.33 Å². The molecule has 0 radical (unpaired) electrons. The summed E-state index contributed by atoms with van der Waals surface area (Å²) in [5.41, 5.74) is 8.02. The molecule has 1 fully saturated rings. The molecular formula is C11H15N5. The summed E-state index contributed by atoms with van der Waals surface area (Å²) in [6, 6.07) is 0.268. The van der Waals surface area contributed by atoms with E-state index in [9.17, 15) is 0 Å².